The van der Waals surface area contributed by atoms with Gasteiger partial charge < -0.3 is 10.6 Å². The van der Waals surface area contributed by atoms with Gasteiger partial charge in [-0.05, 0) is 25.2 Å². The molecule has 2 saturated carbocycles. The standard InChI is InChI=1S/C13H24N2O/c16-13(15-12-7-3-4-8-12)14-10-9-11-5-1-2-6-11/h11-12H,1-10H2,(H2,14,15,16). The smallest absolute Gasteiger partial charge is 0.315 e. The second kappa shape index (κ2) is 6.12. The van der Waals surface area contributed by atoms with Gasteiger partial charge in [0, 0.05) is 12.6 Å². The van der Waals surface area contributed by atoms with E-state index in [0.717, 1.165) is 31.7 Å². The van der Waals surface area contributed by atoms with Gasteiger partial charge in [-0.25, -0.2) is 4.79 Å². The molecule has 2 aliphatic rings. The fourth-order valence-electron chi connectivity index (χ4n) is 3.00. The number of rotatable bonds is 4. The SMILES string of the molecule is O=C(NCCC1CCCC1)NC1CCCC1. The molecule has 16 heavy (non-hydrogen) atoms. The van der Waals surface area contributed by atoms with Gasteiger partial charge in [0.15, 0.2) is 0 Å². The maximum absolute atomic E-state index is 11.6. The van der Waals surface area contributed by atoms with Crippen molar-refractivity contribution in [1.82, 2.24) is 10.6 Å². The Morgan fingerprint density at radius 2 is 1.62 bits per heavy atom. The highest BCUT2D eigenvalue weighted by Crippen LogP contribution is 2.26. The molecule has 2 amide bonds. The molecule has 3 nitrogen and oxygen atoms in total. The Kier molecular flexibility index (Phi) is 4.49. The fourth-order valence-corrected chi connectivity index (χ4v) is 3.00. The second-order valence-electron chi connectivity index (χ2n) is 5.32. The summed E-state index contributed by atoms with van der Waals surface area (Å²) in [6, 6.07) is 0.483. The van der Waals surface area contributed by atoms with Crippen molar-refractivity contribution in [3.8, 4) is 0 Å². The number of nitrogens with one attached hydrogen (secondary N) is 2. The molecule has 3 heteroatoms. The van der Waals surface area contributed by atoms with Gasteiger partial charge in [-0.3, -0.25) is 0 Å². The topological polar surface area (TPSA) is 41.1 Å². The molecule has 92 valence electrons. The highest BCUT2D eigenvalue weighted by Gasteiger charge is 2.17. The van der Waals surface area contributed by atoms with Gasteiger partial charge in [0.2, 0.25) is 0 Å². The van der Waals surface area contributed by atoms with Gasteiger partial charge in [-0.15, -0.1) is 0 Å². The van der Waals surface area contributed by atoms with Crippen LogP contribution in [0.1, 0.15) is 57.8 Å². The third-order valence-corrected chi connectivity index (χ3v) is 4.00. The molecule has 2 rings (SSSR count). The first kappa shape index (κ1) is 11.7. The Morgan fingerprint density at radius 1 is 1.00 bits per heavy atom. The van der Waals surface area contributed by atoms with E-state index in [1.807, 2.05) is 0 Å². The van der Waals surface area contributed by atoms with E-state index in [4.69, 9.17) is 0 Å². The van der Waals surface area contributed by atoms with Crippen molar-refractivity contribution >= 4 is 6.03 Å². The molecular weight excluding hydrogens is 200 g/mol. The molecule has 0 aromatic carbocycles. The lowest BCUT2D eigenvalue weighted by Crippen LogP contribution is -2.41. The lowest BCUT2D eigenvalue weighted by molar-refractivity contribution is 0.236. The van der Waals surface area contributed by atoms with Crippen molar-refractivity contribution in [2.75, 3.05) is 6.54 Å². The predicted molar refractivity (Wildman–Crippen MR) is 65.4 cm³/mol. The quantitative estimate of drug-likeness (QED) is 0.757. The van der Waals surface area contributed by atoms with Crippen LogP contribution in [-0.2, 0) is 0 Å². The summed E-state index contributed by atoms with van der Waals surface area (Å²) in [7, 11) is 0. The molecule has 0 saturated heterocycles. The van der Waals surface area contributed by atoms with E-state index in [2.05, 4.69) is 10.6 Å². The molecule has 0 aromatic rings. The first-order valence-electron chi connectivity index (χ1n) is 6.89. The van der Waals surface area contributed by atoms with Crippen LogP contribution in [0.5, 0.6) is 0 Å². The van der Waals surface area contributed by atoms with Crippen LogP contribution >= 0.6 is 0 Å². The van der Waals surface area contributed by atoms with E-state index < -0.39 is 0 Å². The summed E-state index contributed by atoms with van der Waals surface area (Å²) in [5, 5.41) is 6.04. The van der Waals surface area contributed by atoms with Crippen LogP contribution in [0.4, 0.5) is 4.79 Å². The molecule has 2 aliphatic carbocycles. The van der Waals surface area contributed by atoms with Crippen molar-refractivity contribution in [1.29, 1.82) is 0 Å². The lowest BCUT2D eigenvalue weighted by atomic mass is 10.0. The average molecular weight is 224 g/mol. The van der Waals surface area contributed by atoms with Crippen LogP contribution < -0.4 is 10.6 Å². The third-order valence-electron chi connectivity index (χ3n) is 4.00. The number of hydrogen-bond acceptors (Lipinski definition) is 1. The van der Waals surface area contributed by atoms with Crippen LogP contribution in [-0.4, -0.2) is 18.6 Å². The van der Waals surface area contributed by atoms with Crippen molar-refractivity contribution in [3.05, 3.63) is 0 Å². The summed E-state index contributed by atoms with van der Waals surface area (Å²) in [4.78, 5) is 11.6. The van der Waals surface area contributed by atoms with Gasteiger partial charge in [0.05, 0.1) is 0 Å². The summed E-state index contributed by atoms with van der Waals surface area (Å²) in [6.45, 7) is 0.850. The normalized spacial score (nSPS) is 22.5. The summed E-state index contributed by atoms with van der Waals surface area (Å²) in [5.74, 6) is 0.867. The van der Waals surface area contributed by atoms with E-state index in [-0.39, 0.29) is 6.03 Å². The highest BCUT2D eigenvalue weighted by molar-refractivity contribution is 5.74. The fraction of sp³-hybridized carbons (Fsp3) is 0.923. The van der Waals surface area contributed by atoms with E-state index in [9.17, 15) is 4.79 Å². The summed E-state index contributed by atoms with van der Waals surface area (Å²) in [5.41, 5.74) is 0. The highest BCUT2D eigenvalue weighted by atomic mass is 16.2. The number of carbonyl (C=O) groups excluding carboxylic acids is 1. The molecule has 0 radical (unpaired) electrons. The predicted octanol–water partition coefficient (Wildman–Crippen LogP) is 2.81. The van der Waals surface area contributed by atoms with Gasteiger partial charge in [0.25, 0.3) is 0 Å². The zero-order valence-corrected chi connectivity index (χ0v) is 10.1. The van der Waals surface area contributed by atoms with Gasteiger partial charge in [-0.1, -0.05) is 38.5 Å². The van der Waals surface area contributed by atoms with Crippen LogP contribution in [0.3, 0.4) is 0 Å². The first-order valence-corrected chi connectivity index (χ1v) is 6.89. The third kappa shape index (κ3) is 3.69. The summed E-state index contributed by atoms with van der Waals surface area (Å²) >= 11 is 0. The Labute approximate surface area is 98.4 Å². The van der Waals surface area contributed by atoms with E-state index >= 15 is 0 Å². The molecule has 0 aliphatic heterocycles. The molecule has 0 aromatic heterocycles. The van der Waals surface area contributed by atoms with Crippen LogP contribution in [0, 0.1) is 5.92 Å². The number of urea groups is 1. The van der Waals surface area contributed by atoms with Crippen molar-refractivity contribution in [2.24, 2.45) is 5.92 Å². The number of carbonyl (C=O) groups is 1. The Bertz CT molecular complexity index is 218. The summed E-state index contributed by atoms with van der Waals surface area (Å²) < 4.78 is 0. The lowest BCUT2D eigenvalue weighted by Gasteiger charge is -2.14. The maximum Gasteiger partial charge on any atom is 0.315 e. The second-order valence-corrected chi connectivity index (χ2v) is 5.32. The van der Waals surface area contributed by atoms with Crippen molar-refractivity contribution < 1.29 is 4.79 Å². The zero-order chi connectivity index (χ0) is 11.2. The Balaban J connectivity index is 1.52. The summed E-state index contributed by atoms with van der Waals surface area (Å²) in [6.07, 6.45) is 11.5. The first-order chi connectivity index (χ1) is 7.84. The maximum atomic E-state index is 11.6. The van der Waals surface area contributed by atoms with Gasteiger partial charge in [0.1, 0.15) is 0 Å². The van der Waals surface area contributed by atoms with Crippen LogP contribution in [0.15, 0.2) is 0 Å². The van der Waals surface area contributed by atoms with Crippen molar-refractivity contribution in [3.63, 3.8) is 0 Å². The van der Waals surface area contributed by atoms with Gasteiger partial charge in [-0.2, -0.15) is 0 Å². The van der Waals surface area contributed by atoms with Crippen LogP contribution in [0.2, 0.25) is 0 Å². The zero-order valence-electron chi connectivity index (χ0n) is 10.1. The van der Waals surface area contributed by atoms with E-state index in [1.54, 1.807) is 0 Å². The van der Waals surface area contributed by atoms with Crippen molar-refractivity contribution in [2.45, 2.75) is 63.8 Å². The molecule has 2 fully saturated rings. The molecule has 0 heterocycles. The molecule has 0 bridgehead atoms. The molecular formula is C13H24N2O. The molecule has 2 N–H and O–H groups in total. The number of hydrogen-bond donors (Lipinski definition) is 2. The molecule has 0 unspecified atom stereocenters. The minimum atomic E-state index is 0.0462. The van der Waals surface area contributed by atoms with Crippen LogP contribution in [0.25, 0.3) is 0 Å². The average Bonchev–Trinajstić information content (AvgIpc) is 2.90. The number of amides is 2. The van der Waals surface area contributed by atoms with E-state index in [0.29, 0.717) is 6.04 Å². The largest absolute Gasteiger partial charge is 0.338 e. The van der Waals surface area contributed by atoms with E-state index in [1.165, 1.54) is 38.5 Å². The minimum Gasteiger partial charge on any atom is -0.338 e. The molecule has 0 atom stereocenters. The molecule has 0 spiro atoms. The van der Waals surface area contributed by atoms with Gasteiger partial charge >= 0.3 is 6.03 Å². The Morgan fingerprint density at radius 3 is 2.31 bits per heavy atom. The monoisotopic (exact) mass is 224 g/mol. The minimum absolute atomic E-state index is 0.0462. The Hall–Kier alpha value is -0.730.